The summed E-state index contributed by atoms with van der Waals surface area (Å²) in [5, 5.41) is 4.08. The largest absolute Gasteiger partial charge is 0.347 e. The Kier molecular flexibility index (Phi) is 3.37. The van der Waals surface area contributed by atoms with Gasteiger partial charge in [0, 0.05) is 30.0 Å². The first kappa shape index (κ1) is 10.2. The quantitative estimate of drug-likeness (QED) is 0.832. The minimum Gasteiger partial charge on any atom is -0.347 e. The van der Waals surface area contributed by atoms with E-state index in [1.54, 1.807) is 6.33 Å². The van der Waals surface area contributed by atoms with Crippen LogP contribution in [0.3, 0.4) is 0 Å². The molecule has 1 heterocycles. The predicted molar refractivity (Wildman–Crippen MR) is 60.6 cm³/mol. The smallest absolute Gasteiger partial charge is 0.0922 e. The maximum atomic E-state index is 5.88. The SMILES string of the molecule is Clc1cccc(CNCc2cnc[nH]2)c1. The first-order chi connectivity index (χ1) is 7.34. The molecule has 2 N–H and O–H groups in total. The van der Waals surface area contributed by atoms with Gasteiger partial charge in [0.1, 0.15) is 0 Å². The highest BCUT2D eigenvalue weighted by Gasteiger charge is 1.95. The number of H-pyrrole nitrogens is 1. The van der Waals surface area contributed by atoms with Crippen LogP contribution in [0.15, 0.2) is 36.8 Å². The number of aromatic nitrogens is 2. The molecule has 0 aliphatic rings. The minimum absolute atomic E-state index is 0.774. The molecule has 0 bridgehead atoms. The molecule has 1 aromatic heterocycles. The van der Waals surface area contributed by atoms with E-state index >= 15 is 0 Å². The van der Waals surface area contributed by atoms with Crippen molar-refractivity contribution >= 4 is 11.6 Å². The Bertz CT molecular complexity index is 412. The van der Waals surface area contributed by atoms with Gasteiger partial charge in [0.2, 0.25) is 0 Å². The van der Waals surface area contributed by atoms with E-state index in [0.717, 1.165) is 23.8 Å². The lowest BCUT2D eigenvalue weighted by molar-refractivity contribution is 0.682. The van der Waals surface area contributed by atoms with Crippen molar-refractivity contribution in [1.29, 1.82) is 0 Å². The Morgan fingerprint density at radius 2 is 2.27 bits per heavy atom. The third kappa shape index (κ3) is 3.08. The Morgan fingerprint density at radius 1 is 1.33 bits per heavy atom. The van der Waals surface area contributed by atoms with Gasteiger partial charge in [-0.25, -0.2) is 4.98 Å². The van der Waals surface area contributed by atoms with Crippen LogP contribution in [0.1, 0.15) is 11.3 Å². The zero-order valence-electron chi connectivity index (χ0n) is 8.20. The van der Waals surface area contributed by atoms with Crippen LogP contribution in [-0.4, -0.2) is 9.97 Å². The lowest BCUT2D eigenvalue weighted by atomic mass is 10.2. The molecule has 0 spiro atoms. The van der Waals surface area contributed by atoms with Gasteiger partial charge in [-0.05, 0) is 17.7 Å². The van der Waals surface area contributed by atoms with Gasteiger partial charge < -0.3 is 10.3 Å². The predicted octanol–water partition coefficient (Wildman–Crippen LogP) is 2.35. The van der Waals surface area contributed by atoms with Crippen LogP contribution < -0.4 is 5.32 Å². The van der Waals surface area contributed by atoms with Crippen molar-refractivity contribution in [2.75, 3.05) is 0 Å². The topological polar surface area (TPSA) is 40.7 Å². The third-order valence-electron chi connectivity index (χ3n) is 2.09. The third-order valence-corrected chi connectivity index (χ3v) is 2.32. The summed E-state index contributed by atoms with van der Waals surface area (Å²) >= 11 is 5.88. The summed E-state index contributed by atoms with van der Waals surface area (Å²) in [6.45, 7) is 1.59. The van der Waals surface area contributed by atoms with Crippen LogP contribution in [0.5, 0.6) is 0 Å². The fourth-order valence-electron chi connectivity index (χ4n) is 1.37. The number of rotatable bonds is 4. The van der Waals surface area contributed by atoms with Crippen molar-refractivity contribution in [3.63, 3.8) is 0 Å². The first-order valence-corrected chi connectivity index (χ1v) is 5.15. The van der Waals surface area contributed by atoms with E-state index in [1.807, 2.05) is 30.5 Å². The van der Waals surface area contributed by atoms with Crippen LogP contribution in [0.4, 0.5) is 0 Å². The van der Waals surface area contributed by atoms with Gasteiger partial charge in [-0.3, -0.25) is 0 Å². The molecule has 0 saturated heterocycles. The lowest BCUT2D eigenvalue weighted by Crippen LogP contribution is -2.12. The van der Waals surface area contributed by atoms with Crippen molar-refractivity contribution in [3.8, 4) is 0 Å². The number of hydrogen-bond acceptors (Lipinski definition) is 2. The van der Waals surface area contributed by atoms with Gasteiger partial charge in [0.15, 0.2) is 0 Å². The average Bonchev–Trinajstić information content (AvgIpc) is 2.71. The van der Waals surface area contributed by atoms with Crippen molar-refractivity contribution < 1.29 is 0 Å². The van der Waals surface area contributed by atoms with Gasteiger partial charge in [-0.2, -0.15) is 0 Å². The van der Waals surface area contributed by atoms with E-state index in [0.29, 0.717) is 0 Å². The van der Waals surface area contributed by atoms with Crippen LogP contribution in [0, 0.1) is 0 Å². The fourth-order valence-corrected chi connectivity index (χ4v) is 1.58. The molecule has 0 amide bonds. The number of hydrogen-bond donors (Lipinski definition) is 2. The molecule has 0 saturated carbocycles. The average molecular weight is 222 g/mol. The van der Waals surface area contributed by atoms with Crippen LogP contribution >= 0.6 is 11.6 Å². The van der Waals surface area contributed by atoms with Gasteiger partial charge in [0.25, 0.3) is 0 Å². The van der Waals surface area contributed by atoms with E-state index in [4.69, 9.17) is 11.6 Å². The number of aromatic amines is 1. The second-order valence-corrected chi connectivity index (χ2v) is 3.75. The van der Waals surface area contributed by atoms with Crippen molar-refractivity contribution in [2.45, 2.75) is 13.1 Å². The van der Waals surface area contributed by atoms with Crippen LogP contribution in [0.2, 0.25) is 5.02 Å². The summed E-state index contributed by atoms with van der Waals surface area (Å²) in [5.41, 5.74) is 2.26. The fraction of sp³-hybridized carbons (Fsp3) is 0.182. The maximum Gasteiger partial charge on any atom is 0.0922 e. The highest BCUT2D eigenvalue weighted by atomic mass is 35.5. The molecule has 0 aliphatic carbocycles. The van der Waals surface area contributed by atoms with E-state index in [9.17, 15) is 0 Å². The summed E-state index contributed by atoms with van der Waals surface area (Å²) in [4.78, 5) is 6.98. The molecule has 0 atom stereocenters. The lowest BCUT2D eigenvalue weighted by Gasteiger charge is -2.03. The molecule has 2 aromatic rings. The number of halogens is 1. The number of nitrogens with one attached hydrogen (secondary N) is 2. The first-order valence-electron chi connectivity index (χ1n) is 4.77. The molecule has 15 heavy (non-hydrogen) atoms. The van der Waals surface area contributed by atoms with Crippen LogP contribution in [-0.2, 0) is 13.1 Å². The number of nitrogens with zero attached hydrogens (tertiary/aromatic N) is 1. The molecule has 2 rings (SSSR count). The Labute approximate surface area is 93.5 Å². The molecule has 0 unspecified atom stereocenters. The Balaban J connectivity index is 1.83. The van der Waals surface area contributed by atoms with E-state index in [2.05, 4.69) is 15.3 Å². The van der Waals surface area contributed by atoms with Crippen LogP contribution in [0.25, 0.3) is 0 Å². The summed E-state index contributed by atoms with van der Waals surface area (Å²) in [5.74, 6) is 0. The second-order valence-electron chi connectivity index (χ2n) is 3.31. The van der Waals surface area contributed by atoms with E-state index < -0.39 is 0 Å². The molecule has 3 nitrogen and oxygen atoms in total. The molecular weight excluding hydrogens is 210 g/mol. The molecule has 78 valence electrons. The zero-order chi connectivity index (χ0) is 10.5. The van der Waals surface area contributed by atoms with E-state index in [-0.39, 0.29) is 0 Å². The summed E-state index contributed by atoms with van der Waals surface area (Å²) in [6.07, 6.45) is 3.49. The van der Waals surface area contributed by atoms with Crippen molar-refractivity contribution in [3.05, 3.63) is 53.1 Å². The molecular formula is C11H12ClN3. The van der Waals surface area contributed by atoms with Gasteiger partial charge in [0.05, 0.1) is 6.33 Å². The molecule has 4 heteroatoms. The number of imidazole rings is 1. The van der Waals surface area contributed by atoms with Crippen molar-refractivity contribution in [1.82, 2.24) is 15.3 Å². The highest BCUT2D eigenvalue weighted by Crippen LogP contribution is 2.10. The van der Waals surface area contributed by atoms with Crippen molar-refractivity contribution in [2.24, 2.45) is 0 Å². The summed E-state index contributed by atoms with van der Waals surface area (Å²) < 4.78 is 0. The van der Waals surface area contributed by atoms with Gasteiger partial charge >= 0.3 is 0 Å². The zero-order valence-corrected chi connectivity index (χ0v) is 8.96. The standard InChI is InChI=1S/C11H12ClN3/c12-10-3-1-2-9(4-10)5-13-6-11-7-14-8-15-11/h1-4,7-8,13H,5-6H2,(H,14,15). The highest BCUT2D eigenvalue weighted by molar-refractivity contribution is 6.30. The normalized spacial score (nSPS) is 10.5. The summed E-state index contributed by atoms with van der Waals surface area (Å²) in [6, 6.07) is 7.84. The molecule has 1 aromatic carbocycles. The second kappa shape index (κ2) is 4.96. The number of benzene rings is 1. The maximum absolute atomic E-state index is 5.88. The summed E-state index contributed by atoms with van der Waals surface area (Å²) in [7, 11) is 0. The Hall–Kier alpha value is -1.32. The van der Waals surface area contributed by atoms with E-state index in [1.165, 1.54) is 5.56 Å². The minimum atomic E-state index is 0.774. The molecule has 0 fully saturated rings. The van der Waals surface area contributed by atoms with Gasteiger partial charge in [-0.1, -0.05) is 23.7 Å². The van der Waals surface area contributed by atoms with Gasteiger partial charge in [-0.15, -0.1) is 0 Å². The molecule has 0 radical (unpaired) electrons. The molecule has 0 aliphatic heterocycles. The monoisotopic (exact) mass is 221 g/mol. The Morgan fingerprint density at radius 3 is 3.00 bits per heavy atom.